The van der Waals surface area contributed by atoms with E-state index in [0.29, 0.717) is 12.2 Å². The van der Waals surface area contributed by atoms with Gasteiger partial charge in [-0.25, -0.2) is 0 Å². The molecule has 1 saturated heterocycles. The summed E-state index contributed by atoms with van der Waals surface area (Å²) in [6.45, 7) is 1.36. The SMILES string of the molecule is O=C1c2ccccc2[C@@]2(O)[C@@H]3c4ccccc4CCN3CN12. The van der Waals surface area contributed by atoms with Crippen molar-refractivity contribution in [2.45, 2.75) is 18.2 Å². The van der Waals surface area contributed by atoms with E-state index < -0.39 is 5.72 Å². The van der Waals surface area contributed by atoms with Crippen LogP contribution in [0.3, 0.4) is 0 Å². The standard InChI is InChI=1S/C18H16N2O2/c21-17-14-7-3-4-8-15(14)18(22)16-13-6-2-1-5-12(13)9-10-19(16)11-20(17)18/h1-8,16,22H,9-11H2/t16-,18+/m0/s1. The normalized spacial score (nSPS) is 29.0. The molecule has 0 radical (unpaired) electrons. The minimum absolute atomic E-state index is 0.0648. The smallest absolute Gasteiger partial charge is 0.257 e. The highest BCUT2D eigenvalue weighted by Crippen LogP contribution is 2.54. The number of hydrogen-bond acceptors (Lipinski definition) is 3. The van der Waals surface area contributed by atoms with Gasteiger partial charge in [0.15, 0.2) is 5.72 Å². The van der Waals surface area contributed by atoms with Crippen molar-refractivity contribution < 1.29 is 9.90 Å². The Hall–Kier alpha value is -2.17. The number of nitrogens with zero attached hydrogens (tertiary/aromatic N) is 2. The van der Waals surface area contributed by atoms with Crippen molar-refractivity contribution in [2.24, 2.45) is 0 Å². The Morgan fingerprint density at radius 3 is 2.77 bits per heavy atom. The van der Waals surface area contributed by atoms with E-state index in [9.17, 15) is 9.90 Å². The second-order valence-corrected chi connectivity index (χ2v) is 6.31. The van der Waals surface area contributed by atoms with Gasteiger partial charge in [0.05, 0.1) is 12.7 Å². The van der Waals surface area contributed by atoms with Crippen LogP contribution in [0.5, 0.6) is 0 Å². The van der Waals surface area contributed by atoms with Crippen LogP contribution in [0.2, 0.25) is 0 Å². The van der Waals surface area contributed by atoms with Crippen LogP contribution in [0.15, 0.2) is 48.5 Å². The third kappa shape index (κ3) is 1.28. The highest BCUT2D eigenvalue weighted by Gasteiger charge is 2.61. The molecule has 1 fully saturated rings. The lowest BCUT2D eigenvalue weighted by molar-refractivity contribution is -0.0778. The second kappa shape index (κ2) is 3.97. The Morgan fingerprint density at radius 1 is 1.09 bits per heavy atom. The number of fused-ring (bicyclic) bond motifs is 7. The van der Waals surface area contributed by atoms with Gasteiger partial charge in [-0.2, -0.15) is 0 Å². The Balaban J connectivity index is 1.77. The van der Waals surface area contributed by atoms with Crippen molar-refractivity contribution in [3.8, 4) is 0 Å². The molecule has 2 aromatic rings. The highest BCUT2D eigenvalue weighted by molar-refractivity contribution is 6.00. The van der Waals surface area contributed by atoms with Gasteiger partial charge in [0.2, 0.25) is 0 Å². The van der Waals surface area contributed by atoms with Gasteiger partial charge in [-0.05, 0) is 23.6 Å². The van der Waals surface area contributed by atoms with Crippen LogP contribution < -0.4 is 0 Å². The molecule has 3 aliphatic rings. The van der Waals surface area contributed by atoms with Crippen molar-refractivity contribution in [3.63, 3.8) is 0 Å². The van der Waals surface area contributed by atoms with Crippen molar-refractivity contribution >= 4 is 5.91 Å². The van der Waals surface area contributed by atoms with Crippen LogP contribution >= 0.6 is 0 Å². The number of benzene rings is 2. The monoisotopic (exact) mass is 292 g/mol. The molecule has 2 atom stereocenters. The number of carbonyl (C=O) groups is 1. The maximum atomic E-state index is 12.7. The minimum atomic E-state index is -1.25. The quantitative estimate of drug-likeness (QED) is 0.806. The summed E-state index contributed by atoms with van der Waals surface area (Å²) in [7, 11) is 0. The summed E-state index contributed by atoms with van der Waals surface area (Å²) in [5, 5.41) is 11.6. The Bertz CT molecular complexity index is 803. The highest BCUT2D eigenvalue weighted by atomic mass is 16.3. The maximum Gasteiger partial charge on any atom is 0.257 e. The summed E-state index contributed by atoms with van der Waals surface area (Å²) in [5.41, 5.74) is 2.54. The molecule has 0 aliphatic carbocycles. The van der Waals surface area contributed by atoms with Crippen LogP contribution in [0.4, 0.5) is 0 Å². The first kappa shape index (κ1) is 12.4. The average Bonchev–Trinajstić information content (AvgIpc) is 2.98. The summed E-state index contributed by atoms with van der Waals surface area (Å²) < 4.78 is 0. The molecule has 0 spiro atoms. The summed E-state index contributed by atoms with van der Waals surface area (Å²) in [6, 6.07) is 15.5. The minimum Gasteiger partial charge on any atom is -0.365 e. The van der Waals surface area contributed by atoms with E-state index in [4.69, 9.17) is 0 Å². The predicted octanol–water partition coefficient (Wildman–Crippen LogP) is 1.86. The topological polar surface area (TPSA) is 43.8 Å². The molecule has 1 N–H and O–H groups in total. The van der Waals surface area contributed by atoms with Gasteiger partial charge < -0.3 is 5.11 Å². The molecule has 4 heteroatoms. The zero-order chi connectivity index (χ0) is 14.9. The Morgan fingerprint density at radius 2 is 1.86 bits per heavy atom. The Labute approximate surface area is 128 Å². The fraction of sp³-hybridized carbons (Fsp3) is 0.278. The van der Waals surface area contributed by atoms with E-state index in [1.165, 1.54) is 5.56 Å². The van der Waals surface area contributed by atoms with Gasteiger partial charge in [-0.3, -0.25) is 14.6 Å². The lowest BCUT2D eigenvalue weighted by Crippen LogP contribution is -2.43. The van der Waals surface area contributed by atoms with Gasteiger partial charge in [-0.1, -0.05) is 42.5 Å². The predicted molar refractivity (Wildman–Crippen MR) is 81.0 cm³/mol. The molecule has 5 rings (SSSR count). The first-order chi connectivity index (χ1) is 10.7. The van der Waals surface area contributed by atoms with Crippen LogP contribution in [-0.4, -0.2) is 34.0 Å². The summed E-state index contributed by atoms with van der Waals surface area (Å²) in [4.78, 5) is 16.5. The molecule has 110 valence electrons. The number of rotatable bonds is 0. The fourth-order valence-electron chi connectivity index (χ4n) is 4.33. The largest absolute Gasteiger partial charge is 0.365 e. The van der Waals surface area contributed by atoms with Crippen LogP contribution in [-0.2, 0) is 12.1 Å². The van der Waals surface area contributed by atoms with E-state index in [0.717, 1.165) is 24.1 Å². The summed E-state index contributed by atoms with van der Waals surface area (Å²) in [5.74, 6) is -0.0648. The molecule has 2 aromatic carbocycles. The molecule has 0 unspecified atom stereocenters. The third-order valence-corrected chi connectivity index (χ3v) is 5.30. The molecule has 4 nitrogen and oxygen atoms in total. The number of amides is 1. The third-order valence-electron chi connectivity index (χ3n) is 5.30. The summed E-state index contributed by atoms with van der Waals surface area (Å²) in [6.07, 6.45) is 0.965. The molecular formula is C18H16N2O2. The molecular weight excluding hydrogens is 276 g/mol. The zero-order valence-electron chi connectivity index (χ0n) is 12.1. The summed E-state index contributed by atoms with van der Waals surface area (Å²) >= 11 is 0. The van der Waals surface area contributed by atoms with E-state index in [-0.39, 0.29) is 11.9 Å². The number of hydrogen-bond donors (Lipinski definition) is 1. The molecule has 3 heterocycles. The lowest BCUT2D eigenvalue weighted by atomic mass is 9.84. The van der Waals surface area contributed by atoms with Crippen molar-refractivity contribution in [1.29, 1.82) is 0 Å². The average molecular weight is 292 g/mol. The van der Waals surface area contributed by atoms with Gasteiger partial charge in [-0.15, -0.1) is 0 Å². The van der Waals surface area contributed by atoms with Gasteiger partial charge >= 0.3 is 0 Å². The van der Waals surface area contributed by atoms with Crippen molar-refractivity contribution in [2.75, 3.05) is 13.2 Å². The van der Waals surface area contributed by atoms with Gasteiger partial charge in [0.1, 0.15) is 0 Å². The van der Waals surface area contributed by atoms with Crippen molar-refractivity contribution in [1.82, 2.24) is 9.80 Å². The van der Waals surface area contributed by atoms with Gasteiger partial charge in [0.25, 0.3) is 5.91 Å². The Kier molecular flexibility index (Phi) is 2.23. The fourth-order valence-corrected chi connectivity index (χ4v) is 4.33. The molecule has 0 bridgehead atoms. The maximum absolute atomic E-state index is 12.7. The van der Waals surface area contributed by atoms with Crippen LogP contribution in [0.1, 0.15) is 33.1 Å². The molecule has 3 aliphatic heterocycles. The van der Waals surface area contributed by atoms with Crippen LogP contribution in [0, 0.1) is 0 Å². The molecule has 1 amide bonds. The molecule has 0 aromatic heterocycles. The van der Waals surface area contributed by atoms with E-state index >= 15 is 0 Å². The van der Waals surface area contributed by atoms with Gasteiger partial charge in [0, 0.05) is 17.7 Å². The lowest BCUT2D eigenvalue weighted by Gasteiger charge is -2.37. The number of carbonyl (C=O) groups excluding carboxylic acids is 1. The van der Waals surface area contributed by atoms with E-state index in [1.54, 1.807) is 4.90 Å². The molecule has 0 saturated carbocycles. The molecule has 22 heavy (non-hydrogen) atoms. The van der Waals surface area contributed by atoms with Crippen LogP contribution in [0.25, 0.3) is 0 Å². The van der Waals surface area contributed by atoms with E-state index in [1.807, 2.05) is 36.4 Å². The number of aliphatic hydroxyl groups is 1. The van der Waals surface area contributed by atoms with Crippen molar-refractivity contribution in [3.05, 3.63) is 70.8 Å². The first-order valence-corrected chi connectivity index (χ1v) is 7.67. The van der Waals surface area contributed by atoms with E-state index in [2.05, 4.69) is 17.0 Å². The zero-order valence-corrected chi connectivity index (χ0v) is 12.1. The first-order valence-electron chi connectivity index (χ1n) is 7.67. The second-order valence-electron chi connectivity index (χ2n) is 6.31.